The van der Waals surface area contributed by atoms with Crippen LogP contribution in [0.15, 0.2) is 179 Å². The van der Waals surface area contributed by atoms with E-state index < -0.39 is 0 Å². The van der Waals surface area contributed by atoms with Crippen molar-refractivity contribution in [3.8, 4) is 56.0 Å². The summed E-state index contributed by atoms with van der Waals surface area (Å²) in [6.45, 7) is 0. The Morgan fingerprint density at radius 1 is 0.340 bits per heavy atom. The summed E-state index contributed by atoms with van der Waals surface area (Å²) in [6.07, 6.45) is 1.79. The molecule has 0 spiro atoms. The van der Waals surface area contributed by atoms with Crippen LogP contribution < -0.4 is 0 Å². The Bertz CT molecular complexity index is 2700. The van der Waals surface area contributed by atoms with Crippen molar-refractivity contribution in [1.29, 1.82) is 0 Å². The maximum Gasteiger partial charge on any atom is 0.147 e. The topological polar surface area (TPSA) is 52.1 Å². The van der Waals surface area contributed by atoms with Crippen molar-refractivity contribution < 1.29 is 8.83 Å². The highest BCUT2D eigenvalue weighted by Crippen LogP contribution is 2.46. The molecule has 0 aliphatic heterocycles. The number of fused-ring (bicyclic) bond motifs is 6. The smallest absolute Gasteiger partial charge is 0.147 e. The van der Waals surface area contributed by atoms with Crippen LogP contribution in [-0.4, -0.2) is 9.97 Å². The summed E-state index contributed by atoms with van der Waals surface area (Å²) in [5.41, 5.74) is 13.5. The molecule has 0 amide bonds. The first-order valence-corrected chi connectivity index (χ1v) is 16.7. The third-order valence-electron chi connectivity index (χ3n) is 9.56. The zero-order chi connectivity index (χ0) is 33.0. The molecule has 0 atom stereocenters. The van der Waals surface area contributed by atoms with E-state index in [1.807, 2.05) is 48.5 Å². The highest BCUT2D eigenvalue weighted by molar-refractivity contribution is 6.22. The molecule has 10 rings (SSSR count). The zero-order valence-electron chi connectivity index (χ0n) is 26.9. The molecule has 10 aromatic rings. The highest BCUT2D eigenvalue weighted by Gasteiger charge is 2.22. The summed E-state index contributed by atoms with van der Waals surface area (Å²) in [5, 5.41) is 4.26. The molecule has 4 heterocycles. The average molecular weight is 641 g/mol. The molecule has 0 bridgehead atoms. The molecule has 0 saturated carbocycles. The Hall–Kier alpha value is -6.78. The van der Waals surface area contributed by atoms with Crippen LogP contribution in [0.1, 0.15) is 0 Å². The zero-order valence-corrected chi connectivity index (χ0v) is 26.9. The molecule has 4 heteroatoms. The summed E-state index contributed by atoms with van der Waals surface area (Å²) in [7, 11) is 0. The molecular weight excluding hydrogens is 613 g/mol. The van der Waals surface area contributed by atoms with E-state index in [0.29, 0.717) is 0 Å². The summed E-state index contributed by atoms with van der Waals surface area (Å²) in [6, 6.07) is 56.6. The maximum atomic E-state index is 6.73. The van der Waals surface area contributed by atoms with Gasteiger partial charge in [-0.25, -0.2) is 4.98 Å². The van der Waals surface area contributed by atoms with Gasteiger partial charge in [-0.15, -0.1) is 0 Å². The van der Waals surface area contributed by atoms with Crippen LogP contribution in [0.3, 0.4) is 0 Å². The van der Waals surface area contributed by atoms with Crippen LogP contribution in [-0.2, 0) is 0 Å². The Balaban J connectivity index is 1.19. The molecule has 0 saturated heterocycles. The van der Waals surface area contributed by atoms with Gasteiger partial charge in [0.25, 0.3) is 0 Å². The largest absolute Gasteiger partial charge is 0.455 e. The number of aromatic nitrogens is 2. The summed E-state index contributed by atoms with van der Waals surface area (Å²) < 4.78 is 13.5. The van der Waals surface area contributed by atoms with Crippen LogP contribution in [0.4, 0.5) is 0 Å². The van der Waals surface area contributed by atoms with E-state index in [9.17, 15) is 0 Å². The fourth-order valence-electron chi connectivity index (χ4n) is 7.08. The Morgan fingerprint density at radius 2 is 0.860 bits per heavy atom. The predicted octanol–water partition coefficient (Wildman–Crippen LogP) is 12.6. The Morgan fingerprint density at radius 3 is 1.44 bits per heavy atom. The summed E-state index contributed by atoms with van der Waals surface area (Å²) >= 11 is 0. The fourth-order valence-corrected chi connectivity index (χ4v) is 7.08. The minimum Gasteiger partial charge on any atom is -0.455 e. The minimum atomic E-state index is 0.808. The molecular formula is C46H28N2O2. The molecule has 0 fully saturated rings. The number of benzene rings is 6. The van der Waals surface area contributed by atoms with Crippen LogP contribution >= 0.6 is 0 Å². The number of hydrogen-bond donors (Lipinski definition) is 0. The SMILES string of the molecule is c1ccc(-c2ccc3oc4c(-c5ccc(-c6cccc(-c7ccccn7)n6)cc5)c5oc6ccc(-c7ccccc7)cc6c5cc4c3c2)cc1. The fraction of sp³-hybridized carbons (Fsp3) is 0. The van der Waals surface area contributed by atoms with Gasteiger partial charge in [0.2, 0.25) is 0 Å². The Labute approximate surface area is 287 Å². The lowest BCUT2D eigenvalue weighted by Crippen LogP contribution is -1.90. The van der Waals surface area contributed by atoms with Crippen molar-refractivity contribution in [1.82, 2.24) is 9.97 Å². The molecule has 4 aromatic heterocycles. The van der Waals surface area contributed by atoms with Crippen molar-refractivity contribution in [3.05, 3.63) is 170 Å². The first-order chi connectivity index (χ1) is 24.8. The second-order valence-electron chi connectivity index (χ2n) is 12.6. The maximum absolute atomic E-state index is 6.73. The number of hydrogen-bond acceptors (Lipinski definition) is 4. The first-order valence-electron chi connectivity index (χ1n) is 16.7. The van der Waals surface area contributed by atoms with E-state index in [2.05, 4.69) is 120 Å². The van der Waals surface area contributed by atoms with Gasteiger partial charge in [0, 0.05) is 33.3 Å². The molecule has 0 N–H and O–H groups in total. The van der Waals surface area contributed by atoms with Crippen LogP contribution in [0.5, 0.6) is 0 Å². The lowest BCUT2D eigenvalue weighted by atomic mass is 9.96. The van der Waals surface area contributed by atoms with Gasteiger partial charge in [0.15, 0.2) is 0 Å². The van der Waals surface area contributed by atoms with E-state index in [1.165, 1.54) is 11.1 Å². The van der Waals surface area contributed by atoms with Crippen molar-refractivity contribution in [3.63, 3.8) is 0 Å². The van der Waals surface area contributed by atoms with Crippen molar-refractivity contribution in [2.45, 2.75) is 0 Å². The average Bonchev–Trinajstić information content (AvgIpc) is 3.75. The molecule has 234 valence electrons. The van der Waals surface area contributed by atoms with Crippen molar-refractivity contribution in [2.75, 3.05) is 0 Å². The van der Waals surface area contributed by atoms with Gasteiger partial charge >= 0.3 is 0 Å². The molecule has 0 aliphatic rings. The molecule has 50 heavy (non-hydrogen) atoms. The van der Waals surface area contributed by atoms with Gasteiger partial charge in [-0.2, -0.15) is 0 Å². The molecule has 6 aromatic carbocycles. The van der Waals surface area contributed by atoms with Crippen molar-refractivity contribution >= 4 is 43.9 Å². The quantitative estimate of drug-likeness (QED) is 0.188. The van der Waals surface area contributed by atoms with Crippen LogP contribution in [0.25, 0.3) is 99.9 Å². The van der Waals surface area contributed by atoms with Gasteiger partial charge in [-0.1, -0.05) is 109 Å². The van der Waals surface area contributed by atoms with Gasteiger partial charge in [-0.05, 0) is 82.4 Å². The number of nitrogens with zero attached hydrogens (tertiary/aromatic N) is 2. The van der Waals surface area contributed by atoms with Gasteiger partial charge in [0.1, 0.15) is 22.3 Å². The normalized spacial score (nSPS) is 11.6. The standard InChI is InChI=1S/C46H28N2O2/c1-3-10-29(11-4-1)33-21-23-42-35(26-33)37-28-38-36-27-34(30-12-5-2-6-13-30)22-24-43(36)50-46(38)44(45(37)49-42)32-19-17-31(18-20-32)39-15-9-16-41(48-39)40-14-7-8-25-47-40/h1-28H. The first kappa shape index (κ1) is 28.3. The summed E-state index contributed by atoms with van der Waals surface area (Å²) in [4.78, 5) is 9.43. The van der Waals surface area contributed by atoms with E-state index in [-0.39, 0.29) is 0 Å². The van der Waals surface area contributed by atoms with Gasteiger partial charge in [-0.3, -0.25) is 4.98 Å². The van der Waals surface area contributed by atoms with E-state index in [1.54, 1.807) is 6.20 Å². The highest BCUT2D eigenvalue weighted by atomic mass is 16.3. The number of furan rings is 2. The molecule has 0 radical (unpaired) electrons. The third kappa shape index (κ3) is 4.69. The minimum absolute atomic E-state index is 0.808. The lowest BCUT2D eigenvalue weighted by molar-refractivity contribution is 0.658. The predicted molar refractivity (Wildman–Crippen MR) is 204 cm³/mol. The second kappa shape index (κ2) is 11.4. The third-order valence-corrected chi connectivity index (χ3v) is 9.56. The van der Waals surface area contributed by atoms with E-state index >= 15 is 0 Å². The lowest BCUT2D eigenvalue weighted by Gasteiger charge is -2.08. The molecule has 0 unspecified atom stereocenters. The number of pyridine rings is 2. The molecule has 0 aliphatic carbocycles. The van der Waals surface area contributed by atoms with Crippen LogP contribution in [0.2, 0.25) is 0 Å². The second-order valence-corrected chi connectivity index (χ2v) is 12.6. The van der Waals surface area contributed by atoms with E-state index in [0.717, 1.165) is 88.8 Å². The van der Waals surface area contributed by atoms with Crippen LogP contribution in [0, 0.1) is 0 Å². The monoisotopic (exact) mass is 640 g/mol. The number of rotatable bonds is 5. The molecule has 4 nitrogen and oxygen atoms in total. The van der Waals surface area contributed by atoms with Gasteiger partial charge < -0.3 is 8.83 Å². The van der Waals surface area contributed by atoms with Gasteiger partial charge in [0.05, 0.1) is 22.6 Å². The Kier molecular flexibility index (Phi) is 6.46. The van der Waals surface area contributed by atoms with Crippen molar-refractivity contribution in [2.24, 2.45) is 0 Å². The summed E-state index contributed by atoms with van der Waals surface area (Å²) in [5.74, 6) is 0. The van der Waals surface area contributed by atoms with E-state index in [4.69, 9.17) is 13.8 Å².